The summed E-state index contributed by atoms with van der Waals surface area (Å²) in [5, 5.41) is 22.7. The lowest BCUT2D eigenvalue weighted by Gasteiger charge is -2.21. The molecule has 0 heterocycles. The van der Waals surface area contributed by atoms with Crippen LogP contribution in [0.15, 0.2) is 24.3 Å². The molecular formula is C16H22N4O6. The minimum atomic E-state index is -1.16. The largest absolute Gasteiger partial charge is 0.508 e. The SMILES string of the molecule is NC(=O)CC[C@H](NC(=O)CO)C(=O)N[C@@H](Cc1ccc(O)cc1)C(N)=O. The first kappa shape index (κ1) is 20.9. The Labute approximate surface area is 149 Å². The summed E-state index contributed by atoms with van der Waals surface area (Å²) in [5.74, 6) is -2.98. The number of nitrogens with two attached hydrogens (primary N) is 2. The lowest BCUT2D eigenvalue weighted by atomic mass is 10.0. The first-order valence-electron chi connectivity index (χ1n) is 7.79. The monoisotopic (exact) mass is 366 g/mol. The third kappa shape index (κ3) is 7.18. The van der Waals surface area contributed by atoms with Crippen LogP contribution in [0.25, 0.3) is 0 Å². The van der Waals surface area contributed by atoms with E-state index in [0.717, 1.165) is 0 Å². The molecule has 0 aliphatic rings. The van der Waals surface area contributed by atoms with Crippen LogP contribution in [-0.2, 0) is 25.6 Å². The summed E-state index contributed by atoms with van der Waals surface area (Å²) in [6.45, 7) is -0.840. The Hall–Kier alpha value is -3.14. The highest BCUT2D eigenvalue weighted by Crippen LogP contribution is 2.11. The van der Waals surface area contributed by atoms with Crippen LogP contribution < -0.4 is 22.1 Å². The van der Waals surface area contributed by atoms with Crippen molar-refractivity contribution < 1.29 is 29.4 Å². The molecule has 0 saturated carbocycles. The highest BCUT2D eigenvalue weighted by atomic mass is 16.3. The maximum atomic E-state index is 12.4. The molecule has 4 amide bonds. The Kier molecular flexibility index (Phi) is 8.03. The molecule has 0 bridgehead atoms. The van der Waals surface area contributed by atoms with Gasteiger partial charge in [-0.3, -0.25) is 19.2 Å². The van der Waals surface area contributed by atoms with Crippen molar-refractivity contribution in [1.82, 2.24) is 10.6 Å². The van der Waals surface area contributed by atoms with E-state index in [1.54, 1.807) is 12.1 Å². The van der Waals surface area contributed by atoms with Gasteiger partial charge in [-0.25, -0.2) is 0 Å². The van der Waals surface area contributed by atoms with Gasteiger partial charge in [-0.05, 0) is 24.1 Å². The molecule has 1 rings (SSSR count). The quantitative estimate of drug-likeness (QED) is 0.269. The van der Waals surface area contributed by atoms with Crippen LogP contribution in [0.1, 0.15) is 18.4 Å². The number of carbonyl (C=O) groups is 4. The summed E-state index contributed by atoms with van der Waals surface area (Å²) < 4.78 is 0. The molecule has 0 aromatic heterocycles. The number of hydrogen-bond donors (Lipinski definition) is 6. The van der Waals surface area contributed by atoms with Crippen LogP contribution in [-0.4, -0.2) is 52.5 Å². The van der Waals surface area contributed by atoms with Gasteiger partial charge in [0.1, 0.15) is 24.4 Å². The van der Waals surface area contributed by atoms with Crippen molar-refractivity contribution in [2.24, 2.45) is 11.5 Å². The molecule has 10 heteroatoms. The fraction of sp³-hybridized carbons (Fsp3) is 0.375. The Morgan fingerprint density at radius 3 is 2.12 bits per heavy atom. The van der Waals surface area contributed by atoms with Gasteiger partial charge in [0, 0.05) is 12.8 Å². The van der Waals surface area contributed by atoms with Crippen molar-refractivity contribution >= 4 is 23.6 Å². The van der Waals surface area contributed by atoms with Crippen molar-refractivity contribution in [3.63, 3.8) is 0 Å². The molecule has 0 aliphatic heterocycles. The van der Waals surface area contributed by atoms with Crippen molar-refractivity contribution in [3.8, 4) is 5.75 Å². The minimum Gasteiger partial charge on any atom is -0.508 e. The van der Waals surface area contributed by atoms with Crippen LogP contribution in [0, 0.1) is 0 Å². The maximum Gasteiger partial charge on any atom is 0.246 e. The summed E-state index contributed by atoms with van der Waals surface area (Å²) >= 11 is 0. The third-order valence-electron chi connectivity index (χ3n) is 3.51. The molecular weight excluding hydrogens is 344 g/mol. The average Bonchev–Trinajstić information content (AvgIpc) is 2.59. The van der Waals surface area contributed by atoms with Gasteiger partial charge in [0.15, 0.2) is 0 Å². The molecule has 0 unspecified atom stereocenters. The van der Waals surface area contributed by atoms with Gasteiger partial charge in [0.05, 0.1) is 0 Å². The van der Waals surface area contributed by atoms with Gasteiger partial charge in [-0.15, -0.1) is 0 Å². The van der Waals surface area contributed by atoms with Crippen LogP contribution in [0.5, 0.6) is 5.75 Å². The van der Waals surface area contributed by atoms with Crippen LogP contribution in [0.3, 0.4) is 0 Å². The number of primary amides is 2. The van der Waals surface area contributed by atoms with Crippen molar-refractivity contribution in [3.05, 3.63) is 29.8 Å². The smallest absolute Gasteiger partial charge is 0.246 e. The average molecular weight is 366 g/mol. The van der Waals surface area contributed by atoms with Crippen LogP contribution in [0.4, 0.5) is 0 Å². The standard InChI is InChI=1S/C16H22N4O6/c17-13(23)6-5-11(19-14(24)8-21)16(26)20-12(15(18)25)7-9-1-3-10(22)4-2-9/h1-4,11-12,21-22H,5-8H2,(H2,17,23)(H2,18,25)(H,19,24)(H,20,26)/t11-,12-/m0/s1. The van der Waals surface area contributed by atoms with Crippen molar-refractivity contribution in [2.75, 3.05) is 6.61 Å². The number of phenols is 1. The molecule has 26 heavy (non-hydrogen) atoms. The summed E-state index contributed by atoms with van der Waals surface area (Å²) in [6, 6.07) is 3.74. The van der Waals surface area contributed by atoms with E-state index in [-0.39, 0.29) is 25.0 Å². The molecule has 0 fully saturated rings. The van der Waals surface area contributed by atoms with Gasteiger partial charge in [0.2, 0.25) is 23.6 Å². The van der Waals surface area contributed by atoms with Crippen molar-refractivity contribution in [1.29, 1.82) is 0 Å². The van der Waals surface area contributed by atoms with Crippen LogP contribution in [0.2, 0.25) is 0 Å². The summed E-state index contributed by atoms with van der Waals surface area (Å²) in [7, 11) is 0. The van der Waals surface area contributed by atoms with Gasteiger partial charge in [-0.1, -0.05) is 12.1 Å². The Morgan fingerprint density at radius 2 is 1.62 bits per heavy atom. The number of hydrogen-bond acceptors (Lipinski definition) is 6. The topological polar surface area (TPSA) is 185 Å². The van der Waals surface area contributed by atoms with Crippen LogP contribution >= 0.6 is 0 Å². The number of carbonyl (C=O) groups excluding carboxylic acids is 4. The second-order valence-electron chi connectivity index (χ2n) is 5.62. The second-order valence-corrected chi connectivity index (χ2v) is 5.62. The Balaban J connectivity index is 2.82. The number of aromatic hydroxyl groups is 1. The first-order valence-corrected chi connectivity index (χ1v) is 7.79. The highest BCUT2D eigenvalue weighted by molar-refractivity contribution is 5.92. The lowest BCUT2D eigenvalue weighted by molar-refractivity contribution is -0.132. The zero-order chi connectivity index (χ0) is 19.7. The molecule has 0 aliphatic carbocycles. The number of nitrogens with one attached hydrogen (secondary N) is 2. The predicted molar refractivity (Wildman–Crippen MR) is 90.4 cm³/mol. The molecule has 1 aromatic rings. The Bertz CT molecular complexity index is 661. The third-order valence-corrected chi connectivity index (χ3v) is 3.51. The number of benzene rings is 1. The lowest BCUT2D eigenvalue weighted by Crippen LogP contribution is -2.54. The number of amides is 4. The molecule has 2 atom stereocenters. The number of phenolic OH excluding ortho intramolecular Hbond substituents is 1. The molecule has 10 nitrogen and oxygen atoms in total. The molecule has 0 spiro atoms. The number of aliphatic hydroxyl groups excluding tert-OH is 1. The highest BCUT2D eigenvalue weighted by Gasteiger charge is 2.26. The summed E-state index contributed by atoms with van der Waals surface area (Å²) in [6.07, 6.45) is -0.210. The first-order chi connectivity index (χ1) is 12.2. The predicted octanol–water partition coefficient (Wildman–Crippen LogP) is -2.35. The second kappa shape index (κ2) is 9.99. The molecule has 8 N–H and O–H groups in total. The van der Waals surface area contributed by atoms with Gasteiger partial charge in [0.25, 0.3) is 0 Å². The van der Waals surface area contributed by atoms with E-state index in [2.05, 4.69) is 10.6 Å². The van der Waals surface area contributed by atoms with E-state index >= 15 is 0 Å². The zero-order valence-corrected chi connectivity index (χ0v) is 14.0. The molecule has 142 valence electrons. The fourth-order valence-electron chi connectivity index (χ4n) is 2.16. The summed E-state index contributed by atoms with van der Waals surface area (Å²) in [5.41, 5.74) is 11.0. The summed E-state index contributed by atoms with van der Waals surface area (Å²) in [4.78, 5) is 46.2. The molecule has 0 saturated heterocycles. The van der Waals surface area contributed by atoms with Gasteiger partial charge < -0.3 is 32.3 Å². The zero-order valence-electron chi connectivity index (χ0n) is 14.0. The van der Waals surface area contributed by atoms with E-state index in [9.17, 15) is 24.3 Å². The minimum absolute atomic E-state index is 0.0478. The number of rotatable bonds is 10. The van der Waals surface area contributed by atoms with Gasteiger partial charge >= 0.3 is 0 Å². The van der Waals surface area contributed by atoms with E-state index in [1.807, 2.05) is 0 Å². The van der Waals surface area contributed by atoms with E-state index in [4.69, 9.17) is 16.6 Å². The Morgan fingerprint density at radius 1 is 1.00 bits per heavy atom. The van der Waals surface area contributed by atoms with Crippen molar-refractivity contribution in [2.45, 2.75) is 31.3 Å². The normalized spacial score (nSPS) is 12.7. The van der Waals surface area contributed by atoms with E-state index in [0.29, 0.717) is 5.56 Å². The van der Waals surface area contributed by atoms with E-state index in [1.165, 1.54) is 12.1 Å². The maximum absolute atomic E-state index is 12.4. The van der Waals surface area contributed by atoms with Gasteiger partial charge in [-0.2, -0.15) is 0 Å². The van der Waals surface area contributed by atoms with E-state index < -0.39 is 42.3 Å². The number of aliphatic hydroxyl groups is 1. The molecule has 1 aromatic carbocycles. The molecule has 0 radical (unpaired) electrons. The fourth-order valence-corrected chi connectivity index (χ4v) is 2.16.